The number of hydrogen-bond donors (Lipinski definition) is 1. The largest absolute Gasteiger partial charge is 0.488 e. The summed E-state index contributed by atoms with van der Waals surface area (Å²) in [5.41, 5.74) is 7.85. The van der Waals surface area contributed by atoms with Gasteiger partial charge in [-0.2, -0.15) is 0 Å². The summed E-state index contributed by atoms with van der Waals surface area (Å²) < 4.78 is 6.77. The van der Waals surface area contributed by atoms with Crippen molar-refractivity contribution >= 4 is 27.5 Å². The van der Waals surface area contributed by atoms with E-state index in [0.29, 0.717) is 23.6 Å². The molecule has 0 unspecified atom stereocenters. The Labute approximate surface area is 132 Å². The maximum Gasteiger partial charge on any atom is 0.257 e. The number of rotatable bonds is 4. The van der Waals surface area contributed by atoms with Gasteiger partial charge in [0.2, 0.25) is 0 Å². The fraction of sp³-hybridized carbons (Fsp3) is 0.188. The van der Waals surface area contributed by atoms with Crippen molar-refractivity contribution in [1.82, 2.24) is 4.90 Å². The maximum absolute atomic E-state index is 12.2. The number of hydrogen-bond acceptors (Lipinski definition) is 3. The van der Waals surface area contributed by atoms with Crippen molar-refractivity contribution in [3.05, 3.63) is 58.1 Å². The van der Waals surface area contributed by atoms with Crippen LogP contribution in [-0.2, 0) is 6.61 Å². The molecule has 2 rings (SSSR count). The monoisotopic (exact) mass is 348 g/mol. The number of nitrogen functional groups attached to an aromatic ring is 1. The van der Waals surface area contributed by atoms with E-state index >= 15 is 0 Å². The summed E-state index contributed by atoms with van der Waals surface area (Å²) in [5, 5.41) is 0. The molecule has 0 saturated carbocycles. The number of anilines is 1. The highest BCUT2D eigenvalue weighted by Crippen LogP contribution is 2.25. The van der Waals surface area contributed by atoms with E-state index in [-0.39, 0.29) is 5.91 Å². The molecule has 0 aliphatic rings. The Kier molecular flexibility index (Phi) is 4.85. The molecule has 0 heterocycles. The first kappa shape index (κ1) is 15.4. The molecule has 0 radical (unpaired) electrons. The van der Waals surface area contributed by atoms with Gasteiger partial charge in [0.25, 0.3) is 5.91 Å². The topological polar surface area (TPSA) is 55.6 Å². The van der Waals surface area contributed by atoms with E-state index in [0.717, 1.165) is 10.0 Å². The highest BCUT2D eigenvalue weighted by molar-refractivity contribution is 9.10. The van der Waals surface area contributed by atoms with Crippen molar-refractivity contribution in [3.8, 4) is 5.75 Å². The molecular formula is C16H17BrN2O2. The molecule has 4 nitrogen and oxygen atoms in total. The van der Waals surface area contributed by atoms with Gasteiger partial charge in [0.05, 0.1) is 5.56 Å². The third kappa shape index (κ3) is 3.76. The molecule has 0 saturated heterocycles. The highest BCUT2D eigenvalue weighted by Gasteiger charge is 2.15. The number of ether oxygens (including phenoxy) is 1. The van der Waals surface area contributed by atoms with E-state index < -0.39 is 0 Å². The van der Waals surface area contributed by atoms with Gasteiger partial charge in [0, 0.05) is 35.9 Å². The number of amides is 1. The zero-order valence-electron chi connectivity index (χ0n) is 12.0. The lowest BCUT2D eigenvalue weighted by Gasteiger charge is -2.15. The smallest absolute Gasteiger partial charge is 0.257 e. The molecule has 2 N–H and O–H groups in total. The van der Waals surface area contributed by atoms with Crippen LogP contribution in [0.1, 0.15) is 15.9 Å². The van der Waals surface area contributed by atoms with Crippen molar-refractivity contribution in [1.29, 1.82) is 0 Å². The van der Waals surface area contributed by atoms with Gasteiger partial charge >= 0.3 is 0 Å². The van der Waals surface area contributed by atoms with E-state index in [2.05, 4.69) is 15.9 Å². The summed E-state index contributed by atoms with van der Waals surface area (Å²) in [6.45, 7) is 0.360. The number of nitrogens with zero attached hydrogens (tertiary/aromatic N) is 1. The third-order valence-corrected chi connectivity index (χ3v) is 3.76. The molecule has 0 spiro atoms. The maximum atomic E-state index is 12.2. The Hall–Kier alpha value is -2.01. The zero-order valence-corrected chi connectivity index (χ0v) is 13.6. The second-order valence-corrected chi connectivity index (χ2v) is 5.69. The molecule has 1 amide bonds. The fourth-order valence-electron chi connectivity index (χ4n) is 1.85. The van der Waals surface area contributed by atoms with Crippen LogP contribution in [-0.4, -0.2) is 24.9 Å². The van der Waals surface area contributed by atoms with Gasteiger partial charge in [-0.15, -0.1) is 0 Å². The van der Waals surface area contributed by atoms with Gasteiger partial charge in [0.15, 0.2) is 0 Å². The fourth-order valence-corrected chi connectivity index (χ4v) is 2.25. The standard InChI is InChI=1S/C16H17BrN2O2/c1-19(2)16(20)13-8-7-12(18)9-15(13)21-10-11-5-3-4-6-14(11)17/h3-9H,10,18H2,1-2H3. The lowest BCUT2D eigenvalue weighted by atomic mass is 10.1. The molecule has 0 aliphatic heterocycles. The van der Waals surface area contributed by atoms with E-state index in [1.165, 1.54) is 4.90 Å². The molecule has 5 heteroatoms. The van der Waals surface area contributed by atoms with Crippen LogP contribution < -0.4 is 10.5 Å². The zero-order chi connectivity index (χ0) is 15.4. The SMILES string of the molecule is CN(C)C(=O)c1ccc(N)cc1OCc1ccccc1Br. The average Bonchev–Trinajstić information content (AvgIpc) is 2.46. The van der Waals surface area contributed by atoms with E-state index in [1.54, 1.807) is 32.3 Å². The molecule has 0 aliphatic carbocycles. The molecule has 0 fully saturated rings. The molecule has 2 aromatic rings. The number of carbonyl (C=O) groups excluding carboxylic acids is 1. The third-order valence-electron chi connectivity index (χ3n) is 2.98. The summed E-state index contributed by atoms with van der Waals surface area (Å²) in [6.07, 6.45) is 0. The normalized spacial score (nSPS) is 10.2. The summed E-state index contributed by atoms with van der Waals surface area (Å²) >= 11 is 3.48. The van der Waals surface area contributed by atoms with E-state index in [1.807, 2.05) is 24.3 Å². The minimum absolute atomic E-state index is 0.114. The van der Waals surface area contributed by atoms with Gasteiger partial charge < -0.3 is 15.4 Å². The molecule has 0 aromatic heterocycles. The number of halogens is 1. The first-order valence-corrected chi connectivity index (χ1v) is 7.25. The predicted molar refractivity (Wildman–Crippen MR) is 87.3 cm³/mol. The van der Waals surface area contributed by atoms with E-state index in [4.69, 9.17) is 10.5 Å². The lowest BCUT2D eigenvalue weighted by molar-refractivity contribution is 0.0823. The Morgan fingerprint density at radius 3 is 2.62 bits per heavy atom. The van der Waals surface area contributed by atoms with Crippen LogP contribution >= 0.6 is 15.9 Å². The lowest BCUT2D eigenvalue weighted by Crippen LogP contribution is -2.22. The molecule has 21 heavy (non-hydrogen) atoms. The number of nitrogens with two attached hydrogens (primary N) is 1. The predicted octanol–water partition coefficient (Wildman–Crippen LogP) is 3.31. The summed E-state index contributed by atoms with van der Waals surface area (Å²) in [5.74, 6) is 0.376. The molecule has 2 aromatic carbocycles. The van der Waals surface area contributed by atoms with Crippen LogP contribution in [0, 0.1) is 0 Å². The molecule has 0 bridgehead atoms. The highest BCUT2D eigenvalue weighted by atomic mass is 79.9. The van der Waals surface area contributed by atoms with Crippen molar-refractivity contribution in [2.24, 2.45) is 0 Å². The van der Waals surface area contributed by atoms with E-state index in [9.17, 15) is 4.79 Å². The van der Waals surface area contributed by atoms with Crippen LogP contribution in [0.5, 0.6) is 5.75 Å². The molecule has 0 atom stereocenters. The van der Waals surface area contributed by atoms with Crippen molar-refractivity contribution in [2.75, 3.05) is 19.8 Å². The van der Waals surface area contributed by atoms with Gasteiger partial charge in [-0.3, -0.25) is 4.79 Å². The molecular weight excluding hydrogens is 332 g/mol. The van der Waals surface area contributed by atoms with Crippen LogP contribution in [0.4, 0.5) is 5.69 Å². The van der Waals surface area contributed by atoms with Crippen LogP contribution in [0.25, 0.3) is 0 Å². The van der Waals surface area contributed by atoms with Gasteiger partial charge in [0.1, 0.15) is 12.4 Å². The minimum Gasteiger partial charge on any atom is -0.488 e. The average molecular weight is 349 g/mol. The minimum atomic E-state index is -0.114. The summed E-state index contributed by atoms with van der Waals surface area (Å²) in [6, 6.07) is 12.8. The quantitative estimate of drug-likeness (QED) is 0.862. The first-order valence-electron chi connectivity index (χ1n) is 6.46. The van der Waals surface area contributed by atoms with Crippen LogP contribution in [0.3, 0.4) is 0 Å². The Bertz CT molecular complexity index is 656. The van der Waals surface area contributed by atoms with Gasteiger partial charge in [-0.1, -0.05) is 34.1 Å². The van der Waals surface area contributed by atoms with Crippen molar-refractivity contribution < 1.29 is 9.53 Å². The molecule has 110 valence electrons. The second kappa shape index (κ2) is 6.63. The Balaban J connectivity index is 2.25. The van der Waals surface area contributed by atoms with Crippen molar-refractivity contribution in [3.63, 3.8) is 0 Å². The van der Waals surface area contributed by atoms with Crippen molar-refractivity contribution in [2.45, 2.75) is 6.61 Å². The van der Waals surface area contributed by atoms with Crippen LogP contribution in [0.15, 0.2) is 46.9 Å². The first-order chi connectivity index (χ1) is 9.99. The number of carbonyl (C=O) groups is 1. The second-order valence-electron chi connectivity index (χ2n) is 4.84. The van der Waals surface area contributed by atoms with Gasteiger partial charge in [-0.25, -0.2) is 0 Å². The summed E-state index contributed by atoms with van der Waals surface area (Å²) in [7, 11) is 3.41. The number of benzene rings is 2. The Morgan fingerprint density at radius 1 is 1.24 bits per heavy atom. The van der Waals surface area contributed by atoms with Crippen LogP contribution in [0.2, 0.25) is 0 Å². The Morgan fingerprint density at radius 2 is 1.95 bits per heavy atom. The summed E-state index contributed by atoms with van der Waals surface area (Å²) in [4.78, 5) is 13.7. The van der Waals surface area contributed by atoms with Gasteiger partial charge in [-0.05, 0) is 18.2 Å².